The summed E-state index contributed by atoms with van der Waals surface area (Å²) >= 11 is 0. The number of carbonyl (C=O) groups excluding carboxylic acids is 1. The smallest absolute Gasteiger partial charge is 0.292 e. The Balaban J connectivity index is 0.00000192. The van der Waals surface area contributed by atoms with E-state index in [2.05, 4.69) is 9.97 Å². The van der Waals surface area contributed by atoms with Crippen molar-refractivity contribution >= 4 is 45.7 Å². The van der Waals surface area contributed by atoms with E-state index < -0.39 is 0 Å². The molecule has 0 unspecified atom stereocenters. The van der Waals surface area contributed by atoms with E-state index in [1.54, 1.807) is 11.1 Å². The molecule has 2 N–H and O–H groups in total. The molecule has 5 rings (SSSR count). The largest absolute Gasteiger partial charge is 0.424 e. The third kappa shape index (κ3) is 3.12. The molecule has 1 amide bonds. The van der Waals surface area contributed by atoms with Crippen LogP contribution in [0.25, 0.3) is 27.9 Å². The number of nitrogens with two attached hydrogens (primary N) is 1. The molecule has 1 saturated heterocycles. The molecule has 28 heavy (non-hydrogen) atoms. The number of hydrogen-bond acceptors (Lipinski definition) is 6. The zero-order valence-electron chi connectivity index (χ0n) is 14.9. The molecule has 0 radical (unpaired) electrons. The van der Waals surface area contributed by atoms with E-state index in [1.165, 1.54) is 0 Å². The van der Waals surface area contributed by atoms with Gasteiger partial charge in [-0.25, -0.2) is 4.98 Å². The number of aromatic nitrogens is 3. The molecule has 0 saturated carbocycles. The van der Waals surface area contributed by atoms with Crippen molar-refractivity contribution < 1.29 is 13.9 Å². The predicted octanol–water partition coefficient (Wildman–Crippen LogP) is 2.78. The average molecular weight is 444 g/mol. The van der Waals surface area contributed by atoms with E-state index in [0.29, 0.717) is 43.1 Å². The Morgan fingerprint density at radius 3 is 2.71 bits per heavy atom. The normalized spacial score (nSPS) is 14.4. The number of nitrogen functional groups attached to an aromatic ring is 1. The zero-order valence-corrected chi connectivity index (χ0v) is 16.6. The highest BCUT2D eigenvalue weighted by Crippen LogP contribution is 2.26. The second-order valence-electron chi connectivity index (χ2n) is 6.43. The molecule has 4 aromatic rings. The fourth-order valence-electron chi connectivity index (χ4n) is 3.36. The molecule has 8 nitrogen and oxygen atoms in total. The number of carbonyl (C=O) groups is 1. The van der Waals surface area contributed by atoms with Crippen LogP contribution in [0.2, 0.25) is 0 Å². The molecule has 9 heteroatoms. The maximum absolute atomic E-state index is 12.9. The molecule has 1 aliphatic heterocycles. The second-order valence-corrected chi connectivity index (χ2v) is 6.43. The number of fused-ring (bicyclic) bond motifs is 2. The summed E-state index contributed by atoms with van der Waals surface area (Å²) in [5.41, 5.74) is 10.1. The Morgan fingerprint density at radius 2 is 1.89 bits per heavy atom. The van der Waals surface area contributed by atoms with Gasteiger partial charge in [0.25, 0.3) is 11.9 Å². The van der Waals surface area contributed by atoms with E-state index in [1.807, 2.05) is 40.9 Å². The van der Waals surface area contributed by atoms with Crippen molar-refractivity contribution in [3.8, 4) is 11.1 Å². The number of nitrogens with zero attached hydrogens (tertiary/aromatic N) is 4. The molecule has 4 heterocycles. The van der Waals surface area contributed by atoms with Gasteiger partial charge in [-0.15, -0.1) is 17.0 Å². The summed E-state index contributed by atoms with van der Waals surface area (Å²) < 4.78 is 12.5. The lowest BCUT2D eigenvalue weighted by molar-refractivity contribution is 0.0298. The summed E-state index contributed by atoms with van der Waals surface area (Å²) in [4.78, 5) is 23.2. The highest BCUT2D eigenvalue weighted by atomic mass is 79.9. The van der Waals surface area contributed by atoms with Crippen LogP contribution in [0, 0.1) is 0 Å². The van der Waals surface area contributed by atoms with Gasteiger partial charge >= 0.3 is 0 Å². The summed E-state index contributed by atoms with van der Waals surface area (Å²) in [7, 11) is 0. The highest BCUT2D eigenvalue weighted by molar-refractivity contribution is 8.93. The van der Waals surface area contributed by atoms with Gasteiger partial charge in [-0.05, 0) is 35.4 Å². The van der Waals surface area contributed by atoms with Gasteiger partial charge in [0.15, 0.2) is 5.58 Å². The van der Waals surface area contributed by atoms with Gasteiger partial charge in [0.05, 0.1) is 19.4 Å². The highest BCUT2D eigenvalue weighted by Gasteiger charge is 2.21. The molecule has 1 aromatic carbocycles. The van der Waals surface area contributed by atoms with Crippen LogP contribution in [0.1, 0.15) is 10.5 Å². The number of imidazole rings is 1. The molecule has 144 valence electrons. The predicted molar refractivity (Wildman–Crippen MR) is 110 cm³/mol. The van der Waals surface area contributed by atoms with Crippen molar-refractivity contribution in [2.75, 3.05) is 32.0 Å². The third-order valence-corrected chi connectivity index (χ3v) is 4.76. The van der Waals surface area contributed by atoms with Gasteiger partial charge in [0.2, 0.25) is 0 Å². The zero-order chi connectivity index (χ0) is 18.4. The van der Waals surface area contributed by atoms with Crippen LogP contribution in [-0.4, -0.2) is 51.5 Å². The second kappa shape index (κ2) is 7.25. The summed E-state index contributed by atoms with van der Waals surface area (Å²) in [6.07, 6.45) is 3.54. The standard InChI is InChI=1S/C19H17N5O3.BrH/c20-19-22-14-9-12(1-3-16(14)27-19)13-2-4-17-21-10-15(24(17)11-13)18(25)23-5-7-26-8-6-23;/h1-4,9-11H,5-8H2,(H2,20,22);1H. The average Bonchev–Trinajstić information content (AvgIpc) is 3.29. The van der Waals surface area contributed by atoms with Gasteiger partial charge in [-0.2, -0.15) is 4.98 Å². The number of benzene rings is 1. The van der Waals surface area contributed by atoms with Gasteiger partial charge in [0, 0.05) is 19.3 Å². The van der Waals surface area contributed by atoms with Crippen LogP contribution < -0.4 is 5.73 Å². The maximum atomic E-state index is 12.9. The van der Waals surface area contributed by atoms with Crippen LogP contribution in [0.5, 0.6) is 0 Å². The number of anilines is 1. The number of amides is 1. The third-order valence-electron chi connectivity index (χ3n) is 4.76. The van der Waals surface area contributed by atoms with E-state index in [9.17, 15) is 4.79 Å². The quantitative estimate of drug-likeness (QED) is 0.511. The summed E-state index contributed by atoms with van der Waals surface area (Å²) in [5.74, 6) is -0.0392. The molecule has 0 spiro atoms. The van der Waals surface area contributed by atoms with Crippen LogP contribution >= 0.6 is 17.0 Å². The Labute approximate surface area is 170 Å². The summed E-state index contributed by atoms with van der Waals surface area (Å²) in [6.45, 7) is 2.31. The minimum atomic E-state index is -0.0392. The minimum Gasteiger partial charge on any atom is -0.424 e. The van der Waals surface area contributed by atoms with E-state index in [4.69, 9.17) is 14.9 Å². The number of halogens is 1. The van der Waals surface area contributed by atoms with Gasteiger partial charge < -0.3 is 19.8 Å². The molecular formula is C19H18BrN5O3. The lowest BCUT2D eigenvalue weighted by Crippen LogP contribution is -2.41. The number of hydrogen-bond donors (Lipinski definition) is 1. The van der Waals surface area contributed by atoms with Crippen LogP contribution in [0.4, 0.5) is 6.01 Å². The van der Waals surface area contributed by atoms with E-state index in [0.717, 1.165) is 16.8 Å². The minimum absolute atomic E-state index is 0. The van der Waals surface area contributed by atoms with Gasteiger partial charge in [-0.3, -0.25) is 9.20 Å². The lowest BCUT2D eigenvalue weighted by atomic mass is 10.1. The molecule has 0 bridgehead atoms. The van der Waals surface area contributed by atoms with E-state index >= 15 is 0 Å². The van der Waals surface area contributed by atoms with Crippen molar-refractivity contribution in [1.29, 1.82) is 0 Å². The number of pyridine rings is 1. The Hall–Kier alpha value is -2.91. The van der Waals surface area contributed by atoms with Crippen molar-refractivity contribution in [2.45, 2.75) is 0 Å². The van der Waals surface area contributed by atoms with E-state index in [-0.39, 0.29) is 28.9 Å². The Morgan fingerprint density at radius 1 is 1.11 bits per heavy atom. The first-order valence-electron chi connectivity index (χ1n) is 8.69. The number of rotatable bonds is 2. The summed E-state index contributed by atoms with van der Waals surface area (Å²) in [5, 5.41) is 0. The Kier molecular flexibility index (Phi) is 4.78. The number of oxazole rings is 1. The van der Waals surface area contributed by atoms with Crippen molar-refractivity contribution in [3.63, 3.8) is 0 Å². The number of ether oxygens (including phenoxy) is 1. The van der Waals surface area contributed by atoms with Crippen LogP contribution in [0.3, 0.4) is 0 Å². The van der Waals surface area contributed by atoms with Crippen LogP contribution in [-0.2, 0) is 4.74 Å². The molecule has 1 aliphatic rings. The monoisotopic (exact) mass is 443 g/mol. The van der Waals surface area contributed by atoms with Crippen molar-refractivity contribution in [3.05, 3.63) is 48.4 Å². The van der Waals surface area contributed by atoms with Gasteiger partial charge in [-0.1, -0.05) is 6.07 Å². The number of morpholine rings is 1. The first-order valence-corrected chi connectivity index (χ1v) is 8.69. The van der Waals surface area contributed by atoms with Gasteiger partial charge in [0.1, 0.15) is 16.9 Å². The molecule has 1 fully saturated rings. The van der Waals surface area contributed by atoms with Crippen molar-refractivity contribution in [2.24, 2.45) is 0 Å². The maximum Gasteiger partial charge on any atom is 0.292 e. The topological polar surface area (TPSA) is 98.9 Å². The Bertz CT molecular complexity index is 1160. The molecule has 0 aliphatic carbocycles. The first-order chi connectivity index (χ1) is 13.2. The van der Waals surface area contributed by atoms with Crippen LogP contribution in [0.15, 0.2) is 47.1 Å². The fourth-order valence-corrected chi connectivity index (χ4v) is 3.36. The SMILES string of the molecule is Br.Nc1nc2cc(-c3ccc4ncc(C(=O)N5CCOCC5)n4c3)ccc2o1. The fraction of sp³-hybridized carbons (Fsp3) is 0.211. The molecule has 3 aromatic heterocycles. The molecule has 0 atom stereocenters. The first kappa shape index (κ1) is 18.5. The van der Waals surface area contributed by atoms with Crippen molar-refractivity contribution in [1.82, 2.24) is 19.3 Å². The lowest BCUT2D eigenvalue weighted by Gasteiger charge is -2.26. The summed E-state index contributed by atoms with van der Waals surface area (Å²) in [6, 6.07) is 9.70. The molecular weight excluding hydrogens is 426 g/mol.